The minimum Gasteiger partial charge on any atom is -0.382 e. The predicted molar refractivity (Wildman–Crippen MR) is 87.5 cm³/mol. The van der Waals surface area contributed by atoms with Crippen molar-refractivity contribution in [1.82, 2.24) is 0 Å². The molecule has 2 saturated carbocycles. The number of hydrogen-bond donors (Lipinski definition) is 2. The fraction of sp³-hybridized carbons (Fsp3) is 0.611. The van der Waals surface area contributed by atoms with Gasteiger partial charge in [-0.3, -0.25) is 4.79 Å². The van der Waals surface area contributed by atoms with Crippen LogP contribution in [-0.4, -0.2) is 11.9 Å². The first-order chi connectivity index (χ1) is 10.2. The Morgan fingerprint density at radius 2 is 1.76 bits per heavy atom. The van der Waals surface area contributed by atoms with Gasteiger partial charge >= 0.3 is 0 Å². The molecule has 1 amide bonds. The molecule has 2 aliphatic carbocycles. The largest absolute Gasteiger partial charge is 0.382 e. The van der Waals surface area contributed by atoms with E-state index in [0.717, 1.165) is 11.4 Å². The third kappa shape index (κ3) is 3.58. The van der Waals surface area contributed by atoms with E-state index in [0.29, 0.717) is 11.5 Å². The first-order valence-electron chi connectivity index (χ1n) is 8.29. The number of benzene rings is 1. The summed E-state index contributed by atoms with van der Waals surface area (Å²) in [4.78, 5) is 11.1. The molecule has 3 rings (SSSR count). The molecule has 1 aromatic carbocycles. The third-order valence-corrected chi connectivity index (χ3v) is 5.26. The van der Waals surface area contributed by atoms with E-state index in [9.17, 15) is 4.79 Å². The molecule has 0 atom stereocenters. The van der Waals surface area contributed by atoms with Gasteiger partial charge in [0, 0.05) is 24.3 Å². The molecular formula is C18H26N2O. The maximum absolute atomic E-state index is 11.1. The van der Waals surface area contributed by atoms with E-state index in [1.165, 1.54) is 51.4 Å². The van der Waals surface area contributed by atoms with Gasteiger partial charge in [-0.2, -0.15) is 0 Å². The van der Waals surface area contributed by atoms with Crippen LogP contribution in [0.4, 0.5) is 11.4 Å². The number of hydrogen-bond acceptors (Lipinski definition) is 2. The third-order valence-electron chi connectivity index (χ3n) is 5.26. The van der Waals surface area contributed by atoms with Crippen LogP contribution in [0.5, 0.6) is 0 Å². The van der Waals surface area contributed by atoms with Gasteiger partial charge in [0.05, 0.1) is 0 Å². The van der Waals surface area contributed by atoms with Crippen molar-refractivity contribution in [3.05, 3.63) is 24.3 Å². The smallest absolute Gasteiger partial charge is 0.221 e. The van der Waals surface area contributed by atoms with Crippen molar-refractivity contribution in [1.29, 1.82) is 0 Å². The number of nitrogens with one attached hydrogen (secondary N) is 2. The summed E-state index contributed by atoms with van der Waals surface area (Å²) in [5.41, 5.74) is 2.68. The van der Waals surface area contributed by atoms with Crippen LogP contribution in [-0.2, 0) is 4.79 Å². The van der Waals surface area contributed by atoms with Gasteiger partial charge in [-0.1, -0.05) is 18.9 Å². The molecule has 0 aliphatic heterocycles. The second kappa shape index (κ2) is 6.08. The average molecular weight is 286 g/mol. The lowest BCUT2D eigenvalue weighted by Gasteiger charge is -2.37. The lowest BCUT2D eigenvalue weighted by Crippen LogP contribution is -2.31. The van der Waals surface area contributed by atoms with Gasteiger partial charge in [-0.05, 0) is 62.1 Å². The SMILES string of the molecule is CC(=O)Nc1cccc(NC2CCC3(CCCC3)CC2)c1. The second-order valence-electron chi connectivity index (χ2n) is 6.89. The van der Waals surface area contributed by atoms with Crippen LogP contribution in [0.3, 0.4) is 0 Å². The molecule has 2 aliphatic rings. The molecule has 0 radical (unpaired) electrons. The second-order valence-corrected chi connectivity index (χ2v) is 6.89. The summed E-state index contributed by atoms with van der Waals surface area (Å²) in [6.07, 6.45) is 11.1. The van der Waals surface area contributed by atoms with E-state index in [4.69, 9.17) is 0 Å². The Bertz CT molecular complexity index is 496. The lowest BCUT2D eigenvalue weighted by molar-refractivity contribution is -0.114. The van der Waals surface area contributed by atoms with Crippen molar-refractivity contribution >= 4 is 17.3 Å². The molecule has 114 valence electrons. The van der Waals surface area contributed by atoms with E-state index in [1.54, 1.807) is 6.92 Å². The number of amides is 1. The van der Waals surface area contributed by atoms with Crippen LogP contribution in [0, 0.1) is 5.41 Å². The molecule has 0 unspecified atom stereocenters. The Labute approximate surface area is 127 Å². The lowest BCUT2D eigenvalue weighted by atomic mass is 9.71. The van der Waals surface area contributed by atoms with E-state index >= 15 is 0 Å². The maximum atomic E-state index is 11.1. The van der Waals surface area contributed by atoms with Crippen LogP contribution in [0.2, 0.25) is 0 Å². The van der Waals surface area contributed by atoms with Crippen molar-refractivity contribution in [2.45, 2.75) is 64.3 Å². The average Bonchev–Trinajstić information content (AvgIpc) is 2.90. The van der Waals surface area contributed by atoms with Gasteiger partial charge in [0.25, 0.3) is 0 Å². The van der Waals surface area contributed by atoms with E-state index < -0.39 is 0 Å². The van der Waals surface area contributed by atoms with E-state index in [-0.39, 0.29) is 5.91 Å². The van der Waals surface area contributed by atoms with Crippen LogP contribution in [0.1, 0.15) is 58.3 Å². The Balaban J connectivity index is 1.56. The number of rotatable bonds is 3. The number of carbonyl (C=O) groups is 1. The first-order valence-corrected chi connectivity index (χ1v) is 8.29. The van der Waals surface area contributed by atoms with Gasteiger partial charge in [0.15, 0.2) is 0 Å². The quantitative estimate of drug-likeness (QED) is 0.855. The van der Waals surface area contributed by atoms with Crippen LogP contribution in [0.15, 0.2) is 24.3 Å². The number of anilines is 2. The zero-order chi connectivity index (χ0) is 14.7. The van der Waals surface area contributed by atoms with Gasteiger partial charge in [0.1, 0.15) is 0 Å². The van der Waals surface area contributed by atoms with E-state index in [2.05, 4.69) is 16.7 Å². The number of carbonyl (C=O) groups excluding carboxylic acids is 1. The molecule has 0 bridgehead atoms. The zero-order valence-electron chi connectivity index (χ0n) is 13.0. The van der Waals surface area contributed by atoms with Gasteiger partial charge in [-0.25, -0.2) is 0 Å². The molecule has 3 nitrogen and oxygen atoms in total. The Kier molecular flexibility index (Phi) is 4.18. The van der Waals surface area contributed by atoms with Crippen LogP contribution < -0.4 is 10.6 Å². The molecule has 0 saturated heterocycles. The highest BCUT2D eigenvalue weighted by Gasteiger charge is 2.37. The normalized spacial score (nSPS) is 21.4. The highest BCUT2D eigenvalue weighted by molar-refractivity contribution is 5.89. The summed E-state index contributed by atoms with van der Waals surface area (Å²) in [7, 11) is 0. The van der Waals surface area contributed by atoms with Crippen molar-refractivity contribution < 1.29 is 4.79 Å². The fourth-order valence-corrected chi connectivity index (χ4v) is 4.13. The summed E-state index contributed by atoms with van der Waals surface area (Å²) in [6, 6.07) is 8.63. The van der Waals surface area contributed by atoms with Crippen LogP contribution >= 0.6 is 0 Å². The summed E-state index contributed by atoms with van der Waals surface area (Å²) in [5, 5.41) is 6.49. The van der Waals surface area contributed by atoms with Gasteiger partial charge < -0.3 is 10.6 Å². The first kappa shape index (κ1) is 14.4. The Morgan fingerprint density at radius 1 is 1.10 bits per heavy atom. The monoisotopic (exact) mass is 286 g/mol. The molecule has 3 heteroatoms. The van der Waals surface area contributed by atoms with Crippen molar-refractivity contribution in [3.63, 3.8) is 0 Å². The van der Waals surface area contributed by atoms with Crippen molar-refractivity contribution in [3.8, 4) is 0 Å². The van der Waals surface area contributed by atoms with Gasteiger partial charge in [-0.15, -0.1) is 0 Å². The van der Waals surface area contributed by atoms with E-state index in [1.807, 2.05) is 18.2 Å². The zero-order valence-corrected chi connectivity index (χ0v) is 13.0. The standard InChI is InChI=1S/C18H26N2O/c1-14(21)19-16-5-4-6-17(13-16)20-15-7-11-18(12-8-15)9-2-3-10-18/h4-6,13,15,20H,2-3,7-12H2,1H3,(H,19,21). The topological polar surface area (TPSA) is 41.1 Å². The maximum Gasteiger partial charge on any atom is 0.221 e. The van der Waals surface area contributed by atoms with Gasteiger partial charge in [0.2, 0.25) is 5.91 Å². The molecule has 2 N–H and O–H groups in total. The predicted octanol–water partition coefficient (Wildman–Crippen LogP) is 4.56. The molecule has 1 aromatic rings. The van der Waals surface area contributed by atoms with Crippen molar-refractivity contribution in [2.24, 2.45) is 5.41 Å². The summed E-state index contributed by atoms with van der Waals surface area (Å²) < 4.78 is 0. The minimum absolute atomic E-state index is 0.0204. The molecule has 1 spiro atoms. The Hall–Kier alpha value is -1.51. The molecule has 0 heterocycles. The minimum atomic E-state index is -0.0204. The summed E-state index contributed by atoms with van der Waals surface area (Å²) in [5.74, 6) is -0.0204. The molecule has 0 aromatic heterocycles. The summed E-state index contributed by atoms with van der Waals surface area (Å²) >= 11 is 0. The fourth-order valence-electron chi connectivity index (χ4n) is 4.13. The molecule has 21 heavy (non-hydrogen) atoms. The molecule has 2 fully saturated rings. The Morgan fingerprint density at radius 3 is 2.43 bits per heavy atom. The molecular weight excluding hydrogens is 260 g/mol. The highest BCUT2D eigenvalue weighted by Crippen LogP contribution is 2.49. The van der Waals surface area contributed by atoms with Crippen LogP contribution in [0.25, 0.3) is 0 Å². The summed E-state index contributed by atoms with van der Waals surface area (Å²) in [6.45, 7) is 1.54. The van der Waals surface area contributed by atoms with Crippen molar-refractivity contribution in [2.75, 3.05) is 10.6 Å². The highest BCUT2D eigenvalue weighted by atomic mass is 16.1.